The molecule has 0 bridgehead atoms. The van der Waals surface area contributed by atoms with E-state index >= 15 is 0 Å². The molecular weight excluding hydrogens is 293 g/mol. The Hall–Kier alpha value is -1.89. The third-order valence-corrected chi connectivity index (χ3v) is 5.49. The van der Waals surface area contributed by atoms with E-state index in [9.17, 15) is 9.18 Å². The highest BCUT2D eigenvalue weighted by molar-refractivity contribution is 5.75. The molecule has 1 aromatic carbocycles. The highest BCUT2D eigenvalue weighted by Crippen LogP contribution is 2.44. The van der Waals surface area contributed by atoms with Gasteiger partial charge in [0.1, 0.15) is 17.6 Å². The summed E-state index contributed by atoms with van der Waals surface area (Å²) < 4.78 is 18.9. The first-order valence-corrected chi connectivity index (χ1v) is 8.48. The van der Waals surface area contributed by atoms with Gasteiger partial charge in [0.15, 0.2) is 0 Å². The lowest BCUT2D eigenvalue weighted by atomic mass is 9.65. The average Bonchev–Trinajstić information content (AvgIpc) is 2.54. The van der Waals surface area contributed by atoms with Crippen molar-refractivity contribution in [3.05, 3.63) is 29.6 Å². The van der Waals surface area contributed by atoms with Gasteiger partial charge in [-0.2, -0.15) is 5.26 Å². The van der Waals surface area contributed by atoms with Crippen LogP contribution < -0.4 is 4.74 Å². The van der Waals surface area contributed by atoms with Crippen molar-refractivity contribution in [3.63, 3.8) is 0 Å². The monoisotopic (exact) mass is 315 g/mol. The van der Waals surface area contributed by atoms with Gasteiger partial charge in [-0.3, -0.25) is 4.79 Å². The smallest absolute Gasteiger partial charge is 0.314 e. The Labute approximate surface area is 136 Å². The van der Waals surface area contributed by atoms with Crippen LogP contribution in [0.4, 0.5) is 4.39 Å². The number of nitriles is 1. The fraction of sp³-hybridized carbons (Fsp3) is 0.579. The Morgan fingerprint density at radius 2 is 1.96 bits per heavy atom. The van der Waals surface area contributed by atoms with E-state index < -0.39 is 5.82 Å². The number of esters is 1. The number of carbonyl (C=O) groups is 1. The molecule has 3 rings (SSSR count). The van der Waals surface area contributed by atoms with E-state index in [2.05, 4.69) is 6.92 Å². The SMILES string of the molecule is CC1CCC2CC(C(=O)Oc3ccc(C#N)c(F)c3)CCC2C1. The molecule has 0 saturated heterocycles. The molecule has 0 amide bonds. The van der Waals surface area contributed by atoms with E-state index in [1.54, 1.807) is 6.07 Å². The molecule has 4 heteroatoms. The Kier molecular flexibility index (Phi) is 4.66. The molecule has 122 valence electrons. The van der Waals surface area contributed by atoms with Gasteiger partial charge in [0.2, 0.25) is 0 Å². The second kappa shape index (κ2) is 6.70. The summed E-state index contributed by atoms with van der Waals surface area (Å²) in [7, 11) is 0. The Morgan fingerprint density at radius 3 is 2.70 bits per heavy atom. The zero-order valence-electron chi connectivity index (χ0n) is 13.4. The molecule has 0 N–H and O–H groups in total. The molecule has 0 heterocycles. The summed E-state index contributed by atoms with van der Waals surface area (Å²) >= 11 is 0. The second-order valence-corrected chi connectivity index (χ2v) is 7.12. The van der Waals surface area contributed by atoms with Crippen molar-refractivity contribution in [1.29, 1.82) is 5.26 Å². The van der Waals surface area contributed by atoms with Gasteiger partial charge in [-0.05, 0) is 62.0 Å². The normalized spacial score (nSPS) is 30.1. The molecule has 0 spiro atoms. The maximum atomic E-state index is 13.6. The van der Waals surface area contributed by atoms with Gasteiger partial charge in [-0.15, -0.1) is 0 Å². The number of benzene rings is 1. The van der Waals surface area contributed by atoms with Crippen LogP contribution in [0.25, 0.3) is 0 Å². The van der Waals surface area contributed by atoms with Gasteiger partial charge in [0, 0.05) is 6.07 Å². The van der Waals surface area contributed by atoms with Crippen molar-refractivity contribution in [1.82, 2.24) is 0 Å². The quantitative estimate of drug-likeness (QED) is 0.598. The number of rotatable bonds is 2. The second-order valence-electron chi connectivity index (χ2n) is 7.12. The number of carbonyl (C=O) groups excluding carboxylic acids is 1. The van der Waals surface area contributed by atoms with Crippen LogP contribution in [-0.2, 0) is 4.79 Å². The molecule has 0 radical (unpaired) electrons. The van der Waals surface area contributed by atoms with Crippen molar-refractivity contribution in [2.24, 2.45) is 23.7 Å². The zero-order chi connectivity index (χ0) is 16.4. The molecule has 2 aliphatic rings. The highest BCUT2D eigenvalue weighted by atomic mass is 19.1. The largest absolute Gasteiger partial charge is 0.426 e. The van der Waals surface area contributed by atoms with Crippen LogP contribution in [0.15, 0.2) is 18.2 Å². The summed E-state index contributed by atoms with van der Waals surface area (Å²) in [5.41, 5.74) is -0.0402. The topological polar surface area (TPSA) is 50.1 Å². The number of nitrogens with zero attached hydrogens (tertiary/aromatic N) is 1. The fourth-order valence-electron chi connectivity index (χ4n) is 4.19. The van der Waals surface area contributed by atoms with E-state index in [-0.39, 0.29) is 23.2 Å². The zero-order valence-corrected chi connectivity index (χ0v) is 13.4. The number of hydrogen-bond acceptors (Lipinski definition) is 3. The Morgan fingerprint density at radius 1 is 1.22 bits per heavy atom. The standard InChI is InChI=1S/C19H22FNO2/c1-12-2-3-14-9-15(5-4-13(14)8-12)19(22)23-17-7-6-16(11-21)18(20)10-17/h6-7,10,12-15H,2-5,8-9H2,1H3. The first kappa shape index (κ1) is 16.0. The third kappa shape index (κ3) is 3.55. The van der Waals surface area contributed by atoms with Gasteiger partial charge >= 0.3 is 5.97 Å². The van der Waals surface area contributed by atoms with Crippen molar-refractivity contribution in [2.75, 3.05) is 0 Å². The van der Waals surface area contributed by atoms with Crippen LogP contribution in [-0.4, -0.2) is 5.97 Å². The molecule has 23 heavy (non-hydrogen) atoms. The minimum absolute atomic E-state index is 0.0402. The lowest BCUT2D eigenvalue weighted by Crippen LogP contribution is -2.34. The molecule has 4 unspecified atom stereocenters. The Bertz CT molecular complexity index is 637. The molecule has 4 atom stereocenters. The molecule has 0 aliphatic heterocycles. The maximum absolute atomic E-state index is 13.6. The van der Waals surface area contributed by atoms with E-state index in [1.165, 1.54) is 31.4 Å². The van der Waals surface area contributed by atoms with Gasteiger partial charge < -0.3 is 4.74 Å². The van der Waals surface area contributed by atoms with E-state index in [0.29, 0.717) is 5.92 Å². The van der Waals surface area contributed by atoms with Crippen molar-refractivity contribution < 1.29 is 13.9 Å². The van der Waals surface area contributed by atoms with Gasteiger partial charge in [0.25, 0.3) is 0 Å². The first-order valence-electron chi connectivity index (χ1n) is 8.48. The summed E-state index contributed by atoms with van der Waals surface area (Å²) in [4.78, 5) is 12.4. The number of ether oxygens (including phenoxy) is 1. The summed E-state index contributed by atoms with van der Waals surface area (Å²) in [5.74, 6) is 1.40. The summed E-state index contributed by atoms with van der Waals surface area (Å²) in [6.45, 7) is 2.32. The lowest BCUT2D eigenvalue weighted by molar-refractivity contribution is -0.141. The van der Waals surface area contributed by atoms with Crippen LogP contribution >= 0.6 is 0 Å². The van der Waals surface area contributed by atoms with Crippen LogP contribution in [0.1, 0.15) is 51.0 Å². The summed E-state index contributed by atoms with van der Waals surface area (Å²) in [6, 6.07) is 5.70. The predicted octanol–water partition coefficient (Wildman–Crippen LogP) is 4.46. The first-order chi connectivity index (χ1) is 11.1. The molecule has 2 saturated carbocycles. The van der Waals surface area contributed by atoms with Gasteiger partial charge in [-0.1, -0.05) is 13.3 Å². The van der Waals surface area contributed by atoms with E-state index in [4.69, 9.17) is 10.00 Å². The Balaban J connectivity index is 1.61. The van der Waals surface area contributed by atoms with Crippen molar-refractivity contribution in [3.8, 4) is 11.8 Å². The minimum atomic E-state index is -0.650. The molecule has 2 fully saturated rings. The van der Waals surface area contributed by atoms with Crippen LogP contribution in [0.2, 0.25) is 0 Å². The van der Waals surface area contributed by atoms with Gasteiger partial charge in [0.05, 0.1) is 11.5 Å². The molecule has 2 aliphatic carbocycles. The predicted molar refractivity (Wildman–Crippen MR) is 84.1 cm³/mol. The summed E-state index contributed by atoms with van der Waals surface area (Å²) in [6.07, 6.45) is 6.61. The third-order valence-electron chi connectivity index (χ3n) is 5.49. The van der Waals surface area contributed by atoms with Crippen molar-refractivity contribution >= 4 is 5.97 Å². The highest BCUT2D eigenvalue weighted by Gasteiger charge is 2.37. The van der Waals surface area contributed by atoms with E-state index in [1.807, 2.05) is 0 Å². The van der Waals surface area contributed by atoms with Crippen LogP contribution in [0.3, 0.4) is 0 Å². The number of halogens is 1. The lowest BCUT2D eigenvalue weighted by Gasteiger charge is -2.40. The molecule has 1 aromatic rings. The maximum Gasteiger partial charge on any atom is 0.314 e. The van der Waals surface area contributed by atoms with Crippen molar-refractivity contribution in [2.45, 2.75) is 45.4 Å². The average molecular weight is 315 g/mol. The molecule has 0 aromatic heterocycles. The minimum Gasteiger partial charge on any atom is -0.426 e. The fourth-order valence-corrected chi connectivity index (χ4v) is 4.19. The van der Waals surface area contributed by atoms with Crippen LogP contribution in [0, 0.1) is 40.8 Å². The summed E-state index contributed by atoms with van der Waals surface area (Å²) in [5, 5.41) is 8.73. The van der Waals surface area contributed by atoms with E-state index in [0.717, 1.165) is 37.2 Å². The van der Waals surface area contributed by atoms with Crippen LogP contribution in [0.5, 0.6) is 5.75 Å². The molecular formula is C19H22FNO2. The number of hydrogen-bond donors (Lipinski definition) is 0. The number of fused-ring (bicyclic) bond motifs is 1. The van der Waals surface area contributed by atoms with Gasteiger partial charge in [-0.25, -0.2) is 4.39 Å². The molecule has 3 nitrogen and oxygen atoms in total.